The summed E-state index contributed by atoms with van der Waals surface area (Å²) in [6, 6.07) is 8.34. The van der Waals surface area contributed by atoms with E-state index < -0.39 is 4.92 Å². The highest BCUT2D eigenvalue weighted by molar-refractivity contribution is 9.10. The van der Waals surface area contributed by atoms with E-state index >= 15 is 0 Å². The van der Waals surface area contributed by atoms with E-state index in [0.717, 1.165) is 16.7 Å². The Kier molecular flexibility index (Phi) is 4.86. The summed E-state index contributed by atoms with van der Waals surface area (Å²) in [5.41, 5.74) is 4.11. The van der Waals surface area contributed by atoms with Crippen molar-refractivity contribution >= 4 is 33.0 Å². The molecule has 0 saturated heterocycles. The molecule has 2 aromatic rings. The number of non-ortho nitro benzene ring substituents is 1. The Morgan fingerprint density at radius 3 is 2.35 bits per heavy atom. The molecule has 0 heterocycles. The Morgan fingerprint density at radius 1 is 1.09 bits per heavy atom. The van der Waals surface area contributed by atoms with Crippen molar-refractivity contribution in [3.63, 3.8) is 0 Å². The van der Waals surface area contributed by atoms with Gasteiger partial charge in [-0.1, -0.05) is 6.07 Å². The standard InChI is InChI=1S/C16H13BrN4O2/c1-9-4-11(3)15(5-10(9)2)19-20-16-12(8-18)6-13(21(22)23)7-14(16)17/h4-7H,1-3H3. The maximum atomic E-state index is 10.8. The molecule has 0 amide bonds. The fourth-order valence-electron chi connectivity index (χ4n) is 2.03. The van der Waals surface area contributed by atoms with Gasteiger partial charge < -0.3 is 0 Å². The zero-order valence-corrected chi connectivity index (χ0v) is 14.4. The molecule has 23 heavy (non-hydrogen) atoms. The van der Waals surface area contributed by atoms with Gasteiger partial charge in [-0.05, 0) is 59.5 Å². The highest BCUT2D eigenvalue weighted by atomic mass is 79.9. The highest BCUT2D eigenvalue weighted by Crippen LogP contribution is 2.35. The van der Waals surface area contributed by atoms with Crippen molar-refractivity contribution in [2.45, 2.75) is 20.8 Å². The van der Waals surface area contributed by atoms with Crippen LogP contribution in [0, 0.1) is 42.2 Å². The van der Waals surface area contributed by atoms with E-state index in [1.54, 1.807) is 0 Å². The second-order valence-corrected chi connectivity index (χ2v) is 5.97. The Hall–Kier alpha value is -2.59. The van der Waals surface area contributed by atoms with Crippen LogP contribution >= 0.6 is 15.9 Å². The lowest BCUT2D eigenvalue weighted by atomic mass is 10.1. The van der Waals surface area contributed by atoms with Gasteiger partial charge in [0, 0.05) is 12.1 Å². The van der Waals surface area contributed by atoms with E-state index in [4.69, 9.17) is 0 Å². The van der Waals surface area contributed by atoms with Gasteiger partial charge in [0.25, 0.3) is 5.69 Å². The first-order chi connectivity index (χ1) is 10.8. The number of rotatable bonds is 3. The number of hydrogen-bond acceptors (Lipinski definition) is 5. The molecule has 7 heteroatoms. The molecule has 2 aromatic carbocycles. The van der Waals surface area contributed by atoms with Crippen molar-refractivity contribution in [2.75, 3.05) is 0 Å². The maximum Gasteiger partial charge on any atom is 0.272 e. The Labute approximate surface area is 141 Å². The summed E-state index contributed by atoms with van der Waals surface area (Å²) >= 11 is 3.22. The number of nitriles is 1. The normalized spacial score (nSPS) is 10.7. The van der Waals surface area contributed by atoms with Crippen LogP contribution in [0.3, 0.4) is 0 Å². The molecule has 116 valence electrons. The van der Waals surface area contributed by atoms with Crippen molar-refractivity contribution in [3.8, 4) is 6.07 Å². The van der Waals surface area contributed by atoms with E-state index in [9.17, 15) is 15.4 Å². The number of nitro groups is 1. The lowest BCUT2D eigenvalue weighted by Crippen LogP contribution is -1.90. The van der Waals surface area contributed by atoms with Gasteiger partial charge in [0.05, 0.1) is 20.6 Å². The second kappa shape index (κ2) is 6.67. The minimum Gasteiger partial charge on any atom is -0.258 e. The summed E-state index contributed by atoms with van der Waals surface area (Å²) in [5, 5.41) is 28.3. The van der Waals surface area contributed by atoms with Crippen LogP contribution in [0.5, 0.6) is 0 Å². The number of nitro benzene ring substituents is 1. The van der Waals surface area contributed by atoms with Gasteiger partial charge >= 0.3 is 0 Å². The number of halogens is 1. The number of aryl methyl sites for hydroxylation is 3. The Bertz CT molecular complexity index is 869. The minimum atomic E-state index is -0.556. The van der Waals surface area contributed by atoms with Gasteiger partial charge in [0.15, 0.2) is 0 Å². The monoisotopic (exact) mass is 372 g/mol. The summed E-state index contributed by atoms with van der Waals surface area (Å²) in [4.78, 5) is 10.3. The fraction of sp³-hybridized carbons (Fsp3) is 0.188. The molecule has 0 unspecified atom stereocenters. The highest BCUT2D eigenvalue weighted by Gasteiger charge is 2.15. The molecule has 0 aromatic heterocycles. The van der Waals surface area contributed by atoms with Crippen LogP contribution in [-0.2, 0) is 0 Å². The number of hydrogen-bond donors (Lipinski definition) is 0. The van der Waals surface area contributed by atoms with Gasteiger partial charge in [0.2, 0.25) is 0 Å². The second-order valence-electron chi connectivity index (χ2n) is 5.12. The van der Waals surface area contributed by atoms with Gasteiger partial charge in [0.1, 0.15) is 11.8 Å². The largest absolute Gasteiger partial charge is 0.272 e. The smallest absolute Gasteiger partial charge is 0.258 e. The number of nitrogens with zero attached hydrogens (tertiary/aromatic N) is 4. The molecule has 0 aliphatic rings. The molecule has 0 saturated carbocycles. The Morgan fingerprint density at radius 2 is 1.74 bits per heavy atom. The van der Waals surface area contributed by atoms with E-state index in [2.05, 4.69) is 26.2 Å². The van der Waals surface area contributed by atoms with E-state index in [-0.39, 0.29) is 16.9 Å². The first kappa shape index (κ1) is 16.8. The molecule has 0 aliphatic carbocycles. The van der Waals surface area contributed by atoms with Crippen LogP contribution in [0.2, 0.25) is 0 Å². The zero-order chi connectivity index (χ0) is 17.1. The predicted octanol–water partition coefficient (Wildman–Crippen LogP) is 5.57. The van der Waals surface area contributed by atoms with Gasteiger partial charge in [-0.2, -0.15) is 10.4 Å². The third-order valence-corrected chi connectivity index (χ3v) is 4.05. The van der Waals surface area contributed by atoms with Gasteiger partial charge in [-0.3, -0.25) is 10.1 Å². The van der Waals surface area contributed by atoms with E-state index in [1.165, 1.54) is 12.1 Å². The summed E-state index contributed by atoms with van der Waals surface area (Å²) in [6.45, 7) is 5.93. The number of benzene rings is 2. The van der Waals surface area contributed by atoms with Crippen LogP contribution in [-0.4, -0.2) is 4.92 Å². The molecule has 0 spiro atoms. The molecule has 0 radical (unpaired) electrons. The molecule has 0 fully saturated rings. The lowest BCUT2D eigenvalue weighted by Gasteiger charge is -2.05. The van der Waals surface area contributed by atoms with Crippen LogP contribution in [0.4, 0.5) is 17.1 Å². The first-order valence-corrected chi connectivity index (χ1v) is 7.50. The van der Waals surface area contributed by atoms with Crippen molar-refractivity contribution in [1.29, 1.82) is 5.26 Å². The fourth-order valence-corrected chi connectivity index (χ4v) is 2.56. The van der Waals surface area contributed by atoms with Gasteiger partial charge in [-0.15, -0.1) is 5.11 Å². The lowest BCUT2D eigenvalue weighted by molar-refractivity contribution is -0.384. The summed E-state index contributed by atoms with van der Waals surface area (Å²) in [7, 11) is 0. The number of azo groups is 1. The van der Waals surface area contributed by atoms with Crippen LogP contribution < -0.4 is 0 Å². The average Bonchev–Trinajstić information content (AvgIpc) is 2.49. The summed E-state index contributed by atoms with van der Waals surface area (Å²) < 4.78 is 0.355. The minimum absolute atomic E-state index is 0.0938. The molecule has 0 N–H and O–H groups in total. The van der Waals surface area contributed by atoms with E-state index in [0.29, 0.717) is 10.2 Å². The predicted molar refractivity (Wildman–Crippen MR) is 90.3 cm³/mol. The molecule has 0 atom stereocenters. The van der Waals surface area contributed by atoms with Crippen molar-refractivity contribution in [1.82, 2.24) is 0 Å². The van der Waals surface area contributed by atoms with Crippen LogP contribution in [0.25, 0.3) is 0 Å². The van der Waals surface area contributed by atoms with Crippen LogP contribution in [0.15, 0.2) is 39.0 Å². The first-order valence-electron chi connectivity index (χ1n) is 6.71. The van der Waals surface area contributed by atoms with Gasteiger partial charge in [-0.25, -0.2) is 0 Å². The van der Waals surface area contributed by atoms with Crippen molar-refractivity contribution in [2.24, 2.45) is 10.2 Å². The summed E-state index contributed by atoms with van der Waals surface area (Å²) in [5.74, 6) is 0. The molecule has 2 rings (SSSR count). The molecular formula is C16H13BrN4O2. The third kappa shape index (κ3) is 3.60. The van der Waals surface area contributed by atoms with Crippen molar-refractivity contribution < 1.29 is 4.92 Å². The third-order valence-electron chi connectivity index (χ3n) is 3.45. The van der Waals surface area contributed by atoms with E-state index in [1.807, 2.05) is 39.0 Å². The van der Waals surface area contributed by atoms with Crippen molar-refractivity contribution in [3.05, 3.63) is 61.1 Å². The quantitative estimate of drug-likeness (QED) is 0.400. The molecular weight excluding hydrogens is 360 g/mol. The zero-order valence-electron chi connectivity index (χ0n) is 12.8. The maximum absolute atomic E-state index is 10.8. The van der Waals surface area contributed by atoms with Crippen LogP contribution in [0.1, 0.15) is 22.3 Å². The molecule has 0 aliphatic heterocycles. The average molecular weight is 373 g/mol. The SMILES string of the molecule is Cc1cc(C)c(N=Nc2c(Br)cc([N+](=O)[O-])cc2C#N)cc1C. The Balaban J connectivity index is 2.50. The summed E-state index contributed by atoms with van der Waals surface area (Å²) in [6.07, 6.45) is 0. The molecule has 6 nitrogen and oxygen atoms in total. The topological polar surface area (TPSA) is 91.7 Å². The molecule has 0 bridgehead atoms.